The molecule has 11 heavy (non-hydrogen) atoms. The van der Waals surface area contributed by atoms with Crippen LogP contribution in [0.25, 0.3) is 0 Å². The van der Waals surface area contributed by atoms with Gasteiger partial charge in [-0.15, -0.1) is 12.1 Å². The van der Waals surface area contributed by atoms with E-state index < -0.39 is 0 Å². The van der Waals surface area contributed by atoms with E-state index in [0.717, 1.165) is 5.56 Å². The van der Waals surface area contributed by atoms with Gasteiger partial charge in [0.25, 0.3) is 0 Å². The minimum atomic E-state index is 0. The number of nitriles is 1. The summed E-state index contributed by atoms with van der Waals surface area (Å²) in [6, 6.07) is 9.82. The standard InChI is InChI=1S/C9H8N.Li/c1-8-2-4-9(5-3-8)6-7-10;/h2-6H,1H3;/q-1;+1. The fourth-order valence-electron chi connectivity index (χ4n) is 0.737. The van der Waals surface area contributed by atoms with Crippen molar-refractivity contribution in [2.45, 2.75) is 6.92 Å². The van der Waals surface area contributed by atoms with Crippen molar-refractivity contribution in [3.8, 4) is 6.07 Å². The molecule has 0 heterocycles. The first-order valence-electron chi connectivity index (χ1n) is 3.12. The zero-order valence-electron chi connectivity index (χ0n) is 6.83. The molecule has 0 spiro atoms. The van der Waals surface area contributed by atoms with Gasteiger partial charge >= 0.3 is 18.9 Å². The van der Waals surface area contributed by atoms with E-state index in [0.29, 0.717) is 0 Å². The number of nitrogens with zero attached hydrogens (tertiary/aromatic N) is 1. The van der Waals surface area contributed by atoms with E-state index in [2.05, 4.69) is 0 Å². The number of hydrogen-bond donors (Lipinski definition) is 0. The normalized spacial score (nSPS) is 7.64. The van der Waals surface area contributed by atoms with Crippen LogP contribution in [0.5, 0.6) is 0 Å². The second-order valence-corrected chi connectivity index (χ2v) is 2.18. The number of benzene rings is 1. The molecule has 0 aromatic heterocycles. The first-order chi connectivity index (χ1) is 4.83. The fourth-order valence-corrected chi connectivity index (χ4v) is 0.737. The largest absolute Gasteiger partial charge is 1.00 e. The Bertz CT molecular complexity index is 245. The molecule has 1 aromatic carbocycles. The predicted molar refractivity (Wildman–Crippen MR) is 40.2 cm³/mol. The van der Waals surface area contributed by atoms with Crippen molar-refractivity contribution >= 4 is 0 Å². The molecule has 0 N–H and O–H groups in total. The summed E-state index contributed by atoms with van der Waals surface area (Å²) in [5.74, 6) is 0. The van der Waals surface area contributed by atoms with Crippen LogP contribution >= 0.6 is 0 Å². The molecule has 0 aliphatic rings. The van der Waals surface area contributed by atoms with Crippen LogP contribution in [0.1, 0.15) is 11.1 Å². The summed E-state index contributed by atoms with van der Waals surface area (Å²) in [7, 11) is 0. The van der Waals surface area contributed by atoms with Crippen molar-refractivity contribution in [2.24, 2.45) is 0 Å². The van der Waals surface area contributed by atoms with Crippen LogP contribution in [-0.4, -0.2) is 0 Å². The van der Waals surface area contributed by atoms with Crippen LogP contribution in [0.4, 0.5) is 0 Å². The molecule has 0 bridgehead atoms. The van der Waals surface area contributed by atoms with Crippen LogP contribution in [0, 0.1) is 24.7 Å². The van der Waals surface area contributed by atoms with E-state index in [-0.39, 0.29) is 18.9 Å². The van der Waals surface area contributed by atoms with Crippen LogP contribution in [0.2, 0.25) is 0 Å². The van der Waals surface area contributed by atoms with Crippen molar-refractivity contribution in [3.63, 3.8) is 0 Å². The zero-order chi connectivity index (χ0) is 7.40. The summed E-state index contributed by atoms with van der Waals surface area (Å²) < 4.78 is 0. The Labute approximate surface area is 79.2 Å². The maximum Gasteiger partial charge on any atom is 1.00 e. The van der Waals surface area contributed by atoms with Crippen LogP contribution in [0.3, 0.4) is 0 Å². The third-order valence-corrected chi connectivity index (χ3v) is 1.31. The maximum atomic E-state index is 8.28. The molecule has 0 atom stereocenters. The number of aryl methyl sites for hydroxylation is 1. The molecule has 0 amide bonds. The van der Waals surface area contributed by atoms with Crippen molar-refractivity contribution in [3.05, 3.63) is 41.8 Å². The Morgan fingerprint density at radius 2 is 1.82 bits per heavy atom. The second kappa shape index (κ2) is 4.91. The van der Waals surface area contributed by atoms with Crippen molar-refractivity contribution in [2.75, 3.05) is 0 Å². The van der Waals surface area contributed by atoms with Gasteiger partial charge in [-0.05, 0) is 6.92 Å². The van der Waals surface area contributed by atoms with E-state index in [9.17, 15) is 0 Å². The number of hydrogen-bond acceptors (Lipinski definition) is 1. The molecule has 0 saturated carbocycles. The number of rotatable bonds is 1. The molecule has 0 unspecified atom stereocenters. The minimum Gasteiger partial charge on any atom is -0.208 e. The van der Waals surface area contributed by atoms with E-state index in [4.69, 9.17) is 5.26 Å². The van der Waals surface area contributed by atoms with Gasteiger partial charge in [-0.1, -0.05) is 12.0 Å². The Hall–Kier alpha value is -0.823. The van der Waals surface area contributed by atoms with Gasteiger partial charge in [0, 0.05) is 6.07 Å². The molecule has 1 aromatic rings. The molecule has 50 valence electrons. The predicted octanol–water partition coefficient (Wildman–Crippen LogP) is -0.925. The molecular formula is C9H8LiN. The summed E-state index contributed by atoms with van der Waals surface area (Å²) in [6.07, 6.45) is 1.53. The van der Waals surface area contributed by atoms with Gasteiger partial charge in [-0.3, -0.25) is 0 Å². The molecule has 1 nitrogen and oxygen atoms in total. The molecule has 0 aliphatic carbocycles. The third-order valence-electron chi connectivity index (χ3n) is 1.31. The van der Waals surface area contributed by atoms with Gasteiger partial charge in [-0.25, -0.2) is 5.26 Å². The van der Waals surface area contributed by atoms with Crippen molar-refractivity contribution in [1.82, 2.24) is 0 Å². The molecule has 2 heteroatoms. The van der Waals surface area contributed by atoms with E-state index in [1.807, 2.05) is 37.3 Å². The third kappa shape index (κ3) is 3.19. The topological polar surface area (TPSA) is 23.8 Å². The van der Waals surface area contributed by atoms with Gasteiger partial charge in [0.1, 0.15) is 0 Å². The van der Waals surface area contributed by atoms with Crippen molar-refractivity contribution in [1.29, 1.82) is 5.26 Å². The molecule has 0 fully saturated rings. The van der Waals surface area contributed by atoms with E-state index in [1.165, 1.54) is 12.0 Å². The monoisotopic (exact) mass is 137 g/mol. The first-order valence-corrected chi connectivity index (χ1v) is 3.12. The van der Waals surface area contributed by atoms with Gasteiger partial charge < -0.3 is 0 Å². The second-order valence-electron chi connectivity index (χ2n) is 2.18. The average Bonchev–Trinajstić information content (AvgIpc) is 1.95. The molecule has 0 radical (unpaired) electrons. The summed E-state index contributed by atoms with van der Waals surface area (Å²) in [6.45, 7) is 2.02. The summed E-state index contributed by atoms with van der Waals surface area (Å²) >= 11 is 0. The minimum absolute atomic E-state index is 0. The van der Waals surface area contributed by atoms with E-state index >= 15 is 0 Å². The average molecular weight is 137 g/mol. The van der Waals surface area contributed by atoms with Crippen LogP contribution in [0.15, 0.2) is 24.3 Å². The summed E-state index contributed by atoms with van der Waals surface area (Å²) in [5, 5.41) is 8.28. The molecule has 0 saturated heterocycles. The smallest absolute Gasteiger partial charge is 0.208 e. The van der Waals surface area contributed by atoms with Crippen molar-refractivity contribution < 1.29 is 18.9 Å². The quantitative estimate of drug-likeness (QED) is 0.362. The Morgan fingerprint density at radius 1 is 1.27 bits per heavy atom. The maximum absolute atomic E-state index is 8.28. The Morgan fingerprint density at radius 3 is 2.27 bits per heavy atom. The molecular weight excluding hydrogens is 129 g/mol. The Balaban J connectivity index is 0.000001000. The zero-order valence-corrected chi connectivity index (χ0v) is 6.83. The van der Waals surface area contributed by atoms with Crippen LogP contribution in [-0.2, 0) is 0 Å². The Kier molecular flexibility index (Phi) is 4.54. The SMILES string of the molecule is Cc1ccc([CH-]C#N)cc1.[Li+]. The van der Waals surface area contributed by atoms with Gasteiger partial charge in [0.2, 0.25) is 0 Å². The summed E-state index contributed by atoms with van der Waals surface area (Å²) in [5.41, 5.74) is 2.18. The van der Waals surface area contributed by atoms with Gasteiger partial charge in [0.05, 0.1) is 0 Å². The molecule has 0 aliphatic heterocycles. The molecule has 1 rings (SSSR count). The van der Waals surface area contributed by atoms with Crippen LogP contribution < -0.4 is 18.9 Å². The van der Waals surface area contributed by atoms with Gasteiger partial charge in [-0.2, -0.15) is 17.7 Å². The first kappa shape index (κ1) is 10.2. The fraction of sp³-hybridized carbons (Fsp3) is 0.111. The summed E-state index contributed by atoms with van der Waals surface area (Å²) in [4.78, 5) is 0. The van der Waals surface area contributed by atoms with E-state index in [1.54, 1.807) is 0 Å². The van der Waals surface area contributed by atoms with Gasteiger partial charge in [0.15, 0.2) is 0 Å².